The van der Waals surface area contributed by atoms with Crippen molar-refractivity contribution in [1.82, 2.24) is 10.2 Å². The van der Waals surface area contributed by atoms with Gasteiger partial charge in [-0.2, -0.15) is 0 Å². The van der Waals surface area contributed by atoms with E-state index in [1.807, 2.05) is 36.4 Å². The Balaban J connectivity index is 1.82. The Bertz CT molecular complexity index is 1670. The van der Waals surface area contributed by atoms with Crippen molar-refractivity contribution in [3.05, 3.63) is 125 Å². The fourth-order valence-electron chi connectivity index (χ4n) is 4.77. The maximum atomic E-state index is 14.4. The topological polar surface area (TPSA) is 96.0 Å². The van der Waals surface area contributed by atoms with E-state index in [2.05, 4.69) is 5.32 Å². The number of benzene rings is 4. The molecule has 4 aromatic carbocycles. The van der Waals surface area contributed by atoms with Gasteiger partial charge < -0.3 is 15.0 Å². The number of carbonyl (C=O) groups is 2. The van der Waals surface area contributed by atoms with Gasteiger partial charge in [-0.15, -0.1) is 0 Å². The van der Waals surface area contributed by atoms with E-state index >= 15 is 0 Å². The standard InChI is InChI=1S/C33H34ClN3O5S/c1-24-17-18-27(34)21-30(24)37(43(40,41)29-15-8-5-9-16-29)23-32(38)36(22-26-13-10-14-28(19-26)42-3)31(33(39)35-2)20-25-11-6-4-7-12-25/h4-19,21,31H,20,22-23H2,1-3H3,(H,35,39)/t31-/m0/s1. The molecule has 0 fully saturated rings. The van der Waals surface area contributed by atoms with Gasteiger partial charge in [0.2, 0.25) is 11.8 Å². The molecule has 0 aromatic heterocycles. The van der Waals surface area contributed by atoms with E-state index in [1.54, 1.807) is 62.6 Å². The molecule has 0 saturated heterocycles. The number of likely N-dealkylation sites (N-methyl/N-ethyl adjacent to an activating group) is 1. The van der Waals surface area contributed by atoms with Crippen molar-refractivity contribution in [2.24, 2.45) is 0 Å². The number of nitrogens with zero attached hydrogens (tertiary/aromatic N) is 2. The van der Waals surface area contributed by atoms with Crippen LogP contribution in [-0.2, 0) is 32.6 Å². The summed E-state index contributed by atoms with van der Waals surface area (Å²) in [6.45, 7) is 1.22. The summed E-state index contributed by atoms with van der Waals surface area (Å²) in [5, 5.41) is 3.00. The Morgan fingerprint density at radius 2 is 1.53 bits per heavy atom. The number of ether oxygens (including phenoxy) is 1. The van der Waals surface area contributed by atoms with Crippen molar-refractivity contribution in [1.29, 1.82) is 0 Å². The first-order valence-electron chi connectivity index (χ1n) is 13.7. The number of aryl methyl sites for hydroxylation is 1. The van der Waals surface area contributed by atoms with Crippen molar-refractivity contribution in [2.75, 3.05) is 25.0 Å². The van der Waals surface area contributed by atoms with Crippen LogP contribution >= 0.6 is 11.6 Å². The van der Waals surface area contributed by atoms with Crippen LogP contribution in [0.3, 0.4) is 0 Å². The second-order valence-corrected chi connectivity index (χ2v) is 12.2. The molecule has 0 radical (unpaired) electrons. The Morgan fingerprint density at radius 1 is 0.884 bits per heavy atom. The maximum Gasteiger partial charge on any atom is 0.264 e. The molecule has 0 heterocycles. The van der Waals surface area contributed by atoms with Gasteiger partial charge in [-0.1, -0.05) is 78.3 Å². The third-order valence-electron chi connectivity index (χ3n) is 7.05. The van der Waals surface area contributed by atoms with E-state index in [0.717, 1.165) is 9.87 Å². The lowest BCUT2D eigenvalue weighted by atomic mass is 10.0. The Labute approximate surface area is 257 Å². The summed E-state index contributed by atoms with van der Waals surface area (Å²) in [5.41, 5.74) is 2.44. The lowest BCUT2D eigenvalue weighted by Crippen LogP contribution is -2.53. The van der Waals surface area contributed by atoms with Gasteiger partial charge in [-0.25, -0.2) is 8.42 Å². The van der Waals surface area contributed by atoms with Crippen LogP contribution in [0.1, 0.15) is 16.7 Å². The summed E-state index contributed by atoms with van der Waals surface area (Å²) in [5.74, 6) is -0.352. The third kappa shape index (κ3) is 7.74. The van der Waals surface area contributed by atoms with Crippen LogP contribution in [0.4, 0.5) is 5.69 Å². The molecule has 0 aliphatic carbocycles. The molecule has 43 heavy (non-hydrogen) atoms. The minimum absolute atomic E-state index is 0.0219. The molecule has 8 nitrogen and oxygen atoms in total. The van der Waals surface area contributed by atoms with Crippen LogP contribution in [0.5, 0.6) is 5.75 Å². The monoisotopic (exact) mass is 619 g/mol. The zero-order chi connectivity index (χ0) is 31.0. The summed E-state index contributed by atoms with van der Waals surface area (Å²) in [6.07, 6.45) is 0.220. The minimum atomic E-state index is -4.21. The van der Waals surface area contributed by atoms with Gasteiger partial charge in [-0.3, -0.25) is 13.9 Å². The molecule has 10 heteroatoms. The van der Waals surface area contributed by atoms with Crippen LogP contribution in [0.25, 0.3) is 0 Å². The predicted octanol–water partition coefficient (Wildman–Crippen LogP) is 5.24. The Kier molecular flexibility index (Phi) is 10.4. The first kappa shape index (κ1) is 31.6. The lowest BCUT2D eigenvalue weighted by Gasteiger charge is -2.34. The SMILES string of the molecule is CNC(=O)[C@H](Cc1ccccc1)N(Cc1cccc(OC)c1)C(=O)CN(c1cc(Cl)ccc1C)S(=O)(=O)c1ccccc1. The summed E-state index contributed by atoms with van der Waals surface area (Å²) < 4.78 is 34.6. The van der Waals surface area contributed by atoms with Gasteiger partial charge in [0.1, 0.15) is 18.3 Å². The van der Waals surface area contributed by atoms with E-state index in [-0.39, 0.29) is 29.5 Å². The predicted molar refractivity (Wildman–Crippen MR) is 169 cm³/mol. The molecule has 1 N–H and O–H groups in total. The molecular weight excluding hydrogens is 586 g/mol. The number of hydrogen-bond acceptors (Lipinski definition) is 5. The molecule has 0 aliphatic heterocycles. The van der Waals surface area contributed by atoms with Gasteiger partial charge in [-0.05, 0) is 60.0 Å². The number of sulfonamides is 1. The number of amides is 2. The molecule has 2 amide bonds. The number of hydrogen-bond donors (Lipinski definition) is 1. The summed E-state index contributed by atoms with van der Waals surface area (Å²) in [4.78, 5) is 29.2. The van der Waals surface area contributed by atoms with Gasteiger partial charge in [0, 0.05) is 25.0 Å². The number of nitrogens with one attached hydrogen (secondary N) is 1. The highest BCUT2D eigenvalue weighted by molar-refractivity contribution is 7.92. The fraction of sp³-hybridized carbons (Fsp3) is 0.212. The van der Waals surface area contributed by atoms with Crippen LogP contribution in [0.15, 0.2) is 108 Å². The molecule has 224 valence electrons. The number of carbonyl (C=O) groups excluding carboxylic acids is 2. The number of rotatable bonds is 12. The normalized spacial score (nSPS) is 11.8. The van der Waals surface area contributed by atoms with Crippen LogP contribution in [0.2, 0.25) is 5.02 Å². The van der Waals surface area contributed by atoms with Crippen molar-refractivity contribution >= 4 is 39.1 Å². The van der Waals surface area contributed by atoms with Crippen molar-refractivity contribution in [3.8, 4) is 5.75 Å². The van der Waals surface area contributed by atoms with Crippen molar-refractivity contribution in [2.45, 2.75) is 30.8 Å². The van der Waals surface area contributed by atoms with Crippen LogP contribution < -0.4 is 14.4 Å². The minimum Gasteiger partial charge on any atom is -0.497 e. The lowest BCUT2D eigenvalue weighted by molar-refractivity contribution is -0.139. The molecule has 0 unspecified atom stereocenters. The zero-order valence-electron chi connectivity index (χ0n) is 24.2. The number of halogens is 1. The van der Waals surface area contributed by atoms with E-state index in [0.29, 0.717) is 21.9 Å². The quantitative estimate of drug-likeness (QED) is 0.234. The molecule has 4 rings (SSSR count). The first-order chi connectivity index (χ1) is 20.6. The van der Waals surface area contributed by atoms with Crippen LogP contribution in [0, 0.1) is 6.92 Å². The van der Waals surface area contributed by atoms with E-state index in [9.17, 15) is 18.0 Å². The molecule has 0 bridgehead atoms. The molecule has 0 saturated carbocycles. The molecular formula is C33H34ClN3O5S. The number of anilines is 1. The van der Waals surface area contributed by atoms with E-state index < -0.39 is 28.5 Å². The highest BCUT2D eigenvalue weighted by Crippen LogP contribution is 2.30. The van der Waals surface area contributed by atoms with Crippen molar-refractivity contribution in [3.63, 3.8) is 0 Å². The summed E-state index contributed by atoms with van der Waals surface area (Å²) in [7, 11) is -1.15. The largest absolute Gasteiger partial charge is 0.497 e. The van der Waals surface area contributed by atoms with E-state index in [4.69, 9.17) is 16.3 Å². The average Bonchev–Trinajstić information content (AvgIpc) is 3.03. The van der Waals surface area contributed by atoms with Crippen molar-refractivity contribution < 1.29 is 22.7 Å². The smallest absolute Gasteiger partial charge is 0.264 e. The molecule has 4 aromatic rings. The Morgan fingerprint density at radius 3 is 2.19 bits per heavy atom. The molecule has 0 aliphatic rings. The van der Waals surface area contributed by atoms with Gasteiger partial charge in [0.05, 0.1) is 17.7 Å². The highest BCUT2D eigenvalue weighted by Gasteiger charge is 2.34. The Hall–Kier alpha value is -4.34. The zero-order valence-corrected chi connectivity index (χ0v) is 25.8. The maximum absolute atomic E-state index is 14.4. The highest BCUT2D eigenvalue weighted by atomic mass is 35.5. The first-order valence-corrected chi connectivity index (χ1v) is 15.5. The van der Waals surface area contributed by atoms with Gasteiger partial charge in [0.25, 0.3) is 10.0 Å². The second-order valence-electron chi connectivity index (χ2n) is 9.95. The average molecular weight is 620 g/mol. The third-order valence-corrected chi connectivity index (χ3v) is 9.06. The molecule has 0 spiro atoms. The van der Waals surface area contributed by atoms with Gasteiger partial charge >= 0.3 is 0 Å². The fourth-order valence-corrected chi connectivity index (χ4v) is 6.43. The number of methoxy groups -OCH3 is 1. The van der Waals surface area contributed by atoms with E-state index in [1.165, 1.54) is 30.1 Å². The second kappa shape index (κ2) is 14.2. The molecule has 1 atom stereocenters. The van der Waals surface area contributed by atoms with Gasteiger partial charge in [0.15, 0.2) is 0 Å². The summed E-state index contributed by atoms with van der Waals surface area (Å²) >= 11 is 6.31. The summed E-state index contributed by atoms with van der Waals surface area (Å²) in [6, 6.07) is 28.4. The van der Waals surface area contributed by atoms with Crippen LogP contribution in [-0.4, -0.2) is 51.9 Å².